The van der Waals surface area contributed by atoms with E-state index < -0.39 is 0 Å². The minimum Gasteiger partial charge on any atom is -0.360 e. The molecule has 0 unspecified atom stereocenters. The average Bonchev–Trinajstić information content (AvgIpc) is 2.51. The predicted octanol–water partition coefficient (Wildman–Crippen LogP) is 5.80. The Kier molecular flexibility index (Phi) is 6.41. The van der Waals surface area contributed by atoms with Gasteiger partial charge < -0.3 is 10.6 Å². The van der Waals surface area contributed by atoms with Crippen molar-refractivity contribution in [3.8, 4) is 0 Å². The maximum Gasteiger partial charge on any atom is 0.170 e. The largest absolute Gasteiger partial charge is 0.360 e. The molecule has 0 aliphatic rings. The highest BCUT2D eigenvalue weighted by molar-refractivity contribution is 9.10. The summed E-state index contributed by atoms with van der Waals surface area (Å²) in [5.74, 6) is 0. The van der Waals surface area contributed by atoms with Crippen molar-refractivity contribution >= 4 is 38.9 Å². The molecule has 0 aliphatic carbocycles. The zero-order valence-corrected chi connectivity index (χ0v) is 17.1. The fraction of sp³-hybridized carbons (Fsp3) is 0.350. The quantitative estimate of drug-likeness (QED) is 0.615. The topological polar surface area (TPSA) is 24.1 Å². The van der Waals surface area contributed by atoms with Crippen molar-refractivity contribution < 1.29 is 0 Å². The van der Waals surface area contributed by atoms with Gasteiger partial charge in [-0.15, -0.1) is 0 Å². The second kappa shape index (κ2) is 8.13. The Morgan fingerprint density at radius 1 is 1.17 bits per heavy atom. The first-order chi connectivity index (χ1) is 11.3. The normalized spacial score (nSPS) is 12.5. The molecular formula is C20H25BrN2S. The molecule has 0 aromatic heterocycles. The van der Waals surface area contributed by atoms with Crippen LogP contribution >= 0.6 is 28.1 Å². The molecule has 128 valence electrons. The minimum absolute atomic E-state index is 0.0947. The van der Waals surface area contributed by atoms with E-state index in [2.05, 4.69) is 90.7 Å². The van der Waals surface area contributed by atoms with E-state index in [-0.39, 0.29) is 11.5 Å². The van der Waals surface area contributed by atoms with Gasteiger partial charge >= 0.3 is 0 Å². The summed E-state index contributed by atoms with van der Waals surface area (Å²) in [6.07, 6.45) is 0.998. The number of thiocarbonyl (C=S) groups is 1. The molecule has 2 aromatic carbocycles. The van der Waals surface area contributed by atoms with E-state index in [1.54, 1.807) is 0 Å². The summed E-state index contributed by atoms with van der Waals surface area (Å²) in [6, 6.07) is 17.0. The average molecular weight is 405 g/mol. The molecule has 0 spiro atoms. The summed E-state index contributed by atoms with van der Waals surface area (Å²) in [7, 11) is 0. The number of nitrogens with one attached hydrogen (secondary N) is 2. The fourth-order valence-electron chi connectivity index (χ4n) is 2.94. The van der Waals surface area contributed by atoms with Gasteiger partial charge in [-0.3, -0.25) is 0 Å². The van der Waals surface area contributed by atoms with Gasteiger partial charge in [0, 0.05) is 16.2 Å². The molecule has 2 rings (SSSR count). The second-order valence-corrected chi connectivity index (χ2v) is 8.18. The van der Waals surface area contributed by atoms with Gasteiger partial charge in [0.15, 0.2) is 5.11 Å². The van der Waals surface area contributed by atoms with Gasteiger partial charge in [-0.2, -0.15) is 0 Å². The number of hydrogen-bond acceptors (Lipinski definition) is 1. The highest BCUT2D eigenvalue weighted by Gasteiger charge is 2.23. The predicted molar refractivity (Wildman–Crippen MR) is 112 cm³/mol. The third kappa shape index (κ3) is 5.32. The number of benzene rings is 2. The molecule has 24 heavy (non-hydrogen) atoms. The third-order valence-electron chi connectivity index (χ3n) is 4.17. The molecule has 0 aliphatic heterocycles. The van der Waals surface area contributed by atoms with E-state index in [1.165, 1.54) is 11.1 Å². The van der Waals surface area contributed by atoms with Crippen LogP contribution < -0.4 is 10.6 Å². The molecular weight excluding hydrogens is 380 g/mol. The van der Waals surface area contributed by atoms with Gasteiger partial charge in [0.25, 0.3) is 0 Å². The Bertz CT molecular complexity index is 698. The van der Waals surface area contributed by atoms with Crippen LogP contribution in [0.15, 0.2) is 53.0 Å². The molecule has 2 aromatic rings. The van der Waals surface area contributed by atoms with Crippen LogP contribution in [0.3, 0.4) is 0 Å². The van der Waals surface area contributed by atoms with Gasteiger partial charge in [0.05, 0.1) is 0 Å². The summed E-state index contributed by atoms with van der Waals surface area (Å²) >= 11 is 8.98. The highest BCUT2D eigenvalue weighted by Crippen LogP contribution is 2.28. The zero-order chi connectivity index (χ0) is 17.7. The van der Waals surface area contributed by atoms with Crippen LogP contribution in [0.1, 0.15) is 38.3 Å². The second-order valence-electron chi connectivity index (χ2n) is 6.92. The summed E-state index contributed by atoms with van der Waals surface area (Å²) in [5, 5.41) is 7.32. The molecule has 2 nitrogen and oxygen atoms in total. The molecule has 0 saturated carbocycles. The van der Waals surface area contributed by atoms with Crippen molar-refractivity contribution in [2.24, 2.45) is 0 Å². The molecule has 0 saturated heterocycles. The Morgan fingerprint density at radius 2 is 1.83 bits per heavy atom. The number of hydrogen-bond donors (Lipinski definition) is 2. The maximum absolute atomic E-state index is 5.46. The van der Waals surface area contributed by atoms with Gasteiger partial charge in [-0.1, -0.05) is 60.1 Å². The molecule has 4 heteroatoms. The molecule has 1 atom stereocenters. The van der Waals surface area contributed by atoms with Crippen molar-refractivity contribution in [1.82, 2.24) is 5.32 Å². The van der Waals surface area contributed by atoms with Crippen molar-refractivity contribution in [3.05, 3.63) is 64.1 Å². The van der Waals surface area contributed by atoms with Crippen LogP contribution in [-0.4, -0.2) is 11.2 Å². The molecule has 0 fully saturated rings. The van der Waals surface area contributed by atoms with Crippen molar-refractivity contribution in [3.63, 3.8) is 0 Å². The summed E-state index contributed by atoms with van der Waals surface area (Å²) in [6.45, 7) is 8.78. The first-order valence-corrected chi connectivity index (χ1v) is 9.37. The summed E-state index contributed by atoms with van der Waals surface area (Å²) in [4.78, 5) is 0. The summed E-state index contributed by atoms with van der Waals surface area (Å²) < 4.78 is 1.10. The Labute approximate surface area is 159 Å². The maximum atomic E-state index is 5.46. The van der Waals surface area contributed by atoms with Crippen molar-refractivity contribution in [2.45, 2.75) is 45.6 Å². The molecule has 0 amide bonds. The fourth-order valence-corrected chi connectivity index (χ4v) is 3.50. The SMILES string of the molecule is Cc1cc(NC(=S)N[C@@H](C)CC(C)(C)c2ccccc2)ccc1Br. The Balaban J connectivity index is 1.92. The van der Waals surface area contributed by atoms with Gasteiger partial charge in [0.2, 0.25) is 0 Å². The Hall–Kier alpha value is -1.39. The van der Waals surface area contributed by atoms with Crippen LogP contribution in [0.4, 0.5) is 5.69 Å². The molecule has 0 bridgehead atoms. The number of halogens is 1. The molecule has 0 radical (unpaired) electrons. The lowest BCUT2D eigenvalue weighted by Gasteiger charge is -2.29. The standard InChI is InChI=1S/C20H25BrN2S/c1-14-12-17(10-11-18(14)21)23-19(24)22-15(2)13-20(3,4)16-8-6-5-7-9-16/h5-12,15H,13H2,1-4H3,(H2,22,23,24)/t15-/m0/s1. The van der Waals surface area contributed by atoms with E-state index in [1.807, 2.05) is 12.1 Å². The number of anilines is 1. The molecule has 2 N–H and O–H groups in total. The first kappa shape index (κ1) is 18.9. The van der Waals surface area contributed by atoms with E-state index in [4.69, 9.17) is 12.2 Å². The van der Waals surface area contributed by atoms with Crippen LogP contribution in [0.25, 0.3) is 0 Å². The van der Waals surface area contributed by atoms with E-state index in [0.717, 1.165) is 16.6 Å². The van der Waals surface area contributed by atoms with E-state index in [9.17, 15) is 0 Å². The number of rotatable bonds is 5. The van der Waals surface area contributed by atoms with E-state index in [0.29, 0.717) is 5.11 Å². The highest BCUT2D eigenvalue weighted by atomic mass is 79.9. The minimum atomic E-state index is 0.0947. The van der Waals surface area contributed by atoms with Gasteiger partial charge in [-0.25, -0.2) is 0 Å². The van der Waals surface area contributed by atoms with Crippen LogP contribution in [0.5, 0.6) is 0 Å². The Morgan fingerprint density at radius 3 is 2.46 bits per heavy atom. The van der Waals surface area contributed by atoms with E-state index >= 15 is 0 Å². The zero-order valence-electron chi connectivity index (χ0n) is 14.7. The number of aryl methyl sites for hydroxylation is 1. The summed E-state index contributed by atoms with van der Waals surface area (Å²) in [5.41, 5.74) is 3.63. The van der Waals surface area contributed by atoms with Gasteiger partial charge in [-0.05, 0) is 67.2 Å². The monoisotopic (exact) mass is 404 g/mol. The van der Waals surface area contributed by atoms with Crippen molar-refractivity contribution in [1.29, 1.82) is 0 Å². The molecule has 0 heterocycles. The lowest BCUT2D eigenvalue weighted by atomic mass is 9.79. The van der Waals surface area contributed by atoms with Crippen LogP contribution in [0.2, 0.25) is 0 Å². The van der Waals surface area contributed by atoms with Gasteiger partial charge in [0.1, 0.15) is 0 Å². The lowest BCUT2D eigenvalue weighted by molar-refractivity contribution is 0.420. The lowest BCUT2D eigenvalue weighted by Crippen LogP contribution is -2.39. The smallest absolute Gasteiger partial charge is 0.170 e. The first-order valence-electron chi connectivity index (χ1n) is 8.17. The van der Waals surface area contributed by atoms with Crippen molar-refractivity contribution in [2.75, 3.05) is 5.32 Å². The van der Waals surface area contributed by atoms with Crippen LogP contribution in [0, 0.1) is 6.92 Å². The third-order valence-corrected chi connectivity index (χ3v) is 5.27. The van der Waals surface area contributed by atoms with Crippen LogP contribution in [-0.2, 0) is 5.41 Å².